The van der Waals surface area contributed by atoms with Crippen molar-refractivity contribution in [1.82, 2.24) is 4.90 Å². The zero-order valence-corrected chi connectivity index (χ0v) is 10.2. The van der Waals surface area contributed by atoms with E-state index in [1.165, 1.54) is 12.7 Å². The molecule has 1 saturated heterocycles. The number of furan rings is 1. The highest BCUT2D eigenvalue weighted by Gasteiger charge is 2.18. The molecule has 1 aliphatic rings. The normalized spacial score (nSPS) is 20.7. The van der Waals surface area contributed by atoms with E-state index in [-0.39, 0.29) is 11.9 Å². The Bertz CT molecular complexity index is 342. The SMILES string of the molecule is CN(CC(=O)c1ccco1)CC1CCCCO1. The van der Waals surface area contributed by atoms with Crippen molar-refractivity contribution in [2.75, 3.05) is 26.7 Å². The average Bonchev–Trinajstić information content (AvgIpc) is 2.83. The van der Waals surface area contributed by atoms with Gasteiger partial charge in [0.2, 0.25) is 5.78 Å². The molecule has 0 spiro atoms. The van der Waals surface area contributed by atoms with Crippen molar-refractivity contribution in [2.24, 2.45) is 0 Å². The number of nitrogens with zero attached hydrogens (tertiary/aromatic N) is 1. The monoisotopic (exact) mass is 237 g/mol. The summed E-state index contributed by atoms with van der Waals surface area (Å²) in [6.07, 6.45) is 5.28. The molecule has 0 saturated carbocycles. The third-order valence-corrected chi connectivity index (χ3v) is 3.00. The molecule has 1 aromatic rings. The molecule has 2 rings (SSSR count). The second-order valence-electron chi connectivity index (χ2n) is 4.59. The second-order valence-corrected chi connectivity index (χ2v) is 4.59. The van der Waals surface area contributed by atoms with Crippen LogP contribution in [0.4, 0.5) is 0 Å². The Morgan fingerprint density at radius 3 is 3.06 bits per heavy atom. The highest BCUT2D eigenvalue weighted by atomic mass is 16.5. The number of hydrogen-bond donors (Lipinski definition) is 0. The van der Waals surface area contributed by atoms with Gasteiger partial charge < -0.3 is 9.15 Å². The van der Waals surface area contributed by atoms with E-state index in [2.05, 4.69) is 0 Å². The summed E-state index contributed by atoms with van der Waals surface area (Å²) in [6, 6.07) is 3.44. The first-order chi connectivity index (χ1) is 8.25. The number of ether oxygens (including phenoxy) is 1. The lowest BCUT2D eigenvalue weighted by atomic mass is 10.1. The molecule has 0 aliphatic carbocycles. The van der Waals surface area contributed by atoms with E-state index in [0.717, 1.165) is 26.0 Å². The molecule has 2 heterocycles. The Labute approximate surface area is 102 Å². The standard InChI is InChI=1S/C13H19NO3/c1-14(9-11-5-2-3-7-16-11)10-12(15)13-6-4-8-17-13/h4,6,8,11H,2-3,5,7,9-10H2,1H3. The number of carbonyl (C=O) groups excluding carboxylic acids is 1. The minimum Gasteiger partial charge on any atom is -0.461 e. The van der Waals surface area contributed by atoms with Crippen molar-refractivity contribution in [3.63, 3.8) is 0 Å². The van der Waals surface area contributed by atoms with E-state index in [0.29, 0.717) is 12.3 Å². The Morgan fingerprint density at radius 1 is 1.53 bits per heavy atom. The molecule has 4 heteroatoms. The van der Waals surface area contributed by atoms with Gasteiger partial charge in [0.25, 0.3) is 0 Å². The van der Waals surface area contributed by atoms with Crippen LogP contribution in [0.15, 0.2) is 22.8 Å². The van der Waals surface area contributed by atoms with Crippen LogP contribution in [0.25, 0.3) is 0 Å². The molecule has 17 heavy (non-hydrogen) atoms. The Kier molecular flexibility index (Phi) is 4.34. The lowest BCUT2D eigenvalue weighted by Gasteiger charge is -2.26. The topological polar surface area (TPSA) is 42.7 Å². The van der Waals surface area contributed by atoms with E-state index in [1.54, 1.807) is 12.1 Å². The van der Waals surface area contributed by atoms with E-state index in [9.17, 15) is 4.79 Å². The molecule has 1 aromatic heterocycles. The van der Waals surface area contributed by atoms with Gasteiger partial charge in [0.1, 0.15) is 0 Å². The van der Waals surface area contributed by atoms with Gasteiger partial charge in [-0.3, -0.25) is 9.69 Å². The van der Waals surface area contributed by atoms with Crippen LogP contribution in [0.2, 0.25) is 0 Å². The van der Waals surface area contributed by atoms with Gasteiger partial charge in [-0.1, -0.05) is 0 Å². The maximum Gasteiger partial charge on any atom is 0.211 e. The van der Waals surface area contributed by atoms with Crippen LogP contribution < -0.4 is 0 Å². The predicted octanol–water partition coefficient (Wildman–Crippen LogP) is 1.96. The van der Waals surface area contributed by atoms with Gasteiger partial charge in [0.05, 0.1) is 18.9 Å². The Morgan fingerprint density at radius 2 is 2.41 bits per heavy atom. The van der Waals surface area contributed by atoms with Crippen LogP contribution in [-0.2, 0) is 4.74 Å². The third-order valence-electron chi connectivity index (χ3n) is 3.00. The Balaban J connectivity index is 1.76. The zero-order chi connectivity index (χ0) is 12.1. The minimum absolute atomic E-state index is 0.0216. The van der Waals surface area contributed by atoms with E-state index >= 15 is 0 Å². The summed E-state index contributed by atoms with van der Waals surface area (Å²) >= 11 is 0. The fraction of sp³-hybridized carbons (Fsp3) is 0.615. The smallest absolute Gasteiger partial charge is 0.211 e. The van der Waals surface area contributed by atoms with Gasteiger partial charge in [-0.2, -0.15) is 0 Å². The summed E-state index contributed by atoms with van der Waals surface area (Å²) < 4.78 is 10.7. The molecule has 0 amide bonds. The molecule has 0 radical (unpaired) electrons. The van der Waals surface area contributed by atoms with E-state index in [4.69, 9.17) is 9.15 Å². The second kappa shape index (κ2) is 5.98. The van der Waals surface area contributed by atoms with Crippen molar-refractivity contribution >= 4 is 5.78 Å². The molecule has 1 aliphatic heterocycles. The van der Waals surface area contributed by atoms with Crippen LogP contribution >= 0.6 is 0 Å². The van der Waals surface area contributed by atoms with Crippen molar-refractivity contribution in [1.29, 1.82) is 0 Å². The van der Waals surface area contributed by atoms with Gasteiger partial charge in [0, 0.05) is 13.2 Å². The molecular weight excluding hydrogens is 218 g/mol. The lowest BCUT2D eigenvalue weighted by molar-refractivity contribution is -0.000776. The third kappa shape index (κ3) is 3.68. The fourth-order valence-corrected chi connectivity index (χ4v) is 2.12. The molecule has 1 unspecified atom stereocenters. The summed E-state index contributed by atoms with van der Waals surface area (Å²) in [7, 11) is 1.94. The summed E-state index contributed by atoms with van der Waals surface area (Å²) in [6.45, 7) is 2.05. The van der Waals surface area contributed by atoms with E-state index in [1.807, 2.05) is 11.9 Å². The molecule has 1 atom stereocenters. The van der Waals surface area contributed by atoms with Crippen LogP contribution in [0.5, 0.6) is 0 Å². The molecule has 4 nitrogen and oxygen atoms in total. The molecule has 1 fully saturated rings. The number of Topliss-reactive ketones (excluding diaryl/α,β-unsaturated/α-hetero) is 1. The summed E-state index contributed by atoms with van der Waals surface area (Å²) in [5.41, 5.74) is 0. The molecule has 0 aromatic carbocycles. The fourth-order valence-electron chi connectivity index (χ4n) is 2.12. The minimum atomic E-state index is 0.0216. The summed E-state index contributed by atoms with van der Waals surface area (Å²) in [5, 5.41) is 0. The first-order valence-corrected chi connectivity index (χ1v) is 6.12. The number of ketones is 1. The van der Waals surface area contributed by atoms with Crippen molar-refractivity contribution < 1.29 is 13.9 Å². The van der Waals surface area contributed by atoms with Crippen LogP contribution in [-0.4, -0.2) is 43.5 Å². The molecular formula is C13H19NO3. The van der Waals surface area contributed by atoms with Crippen LogP contribution in [0.1, 0.15) is 29.8 Å². The molecule has 0 N–H and O–H groups in total. The highest BCUT2D eigenvalue weighted by Crippen LogP contribution is 2.13. The first kappa shape index (κ1) is 12.3. The first-order valence-electron chi connectivity index (χ1n) is 6.12. The van der Waals surface area contributed by atoms with Gasteiger partial charge in [-0.05, 0) is 38.4 Å². The quantitative estimate of drug-likeness (QED) is 0.734. The van der Waals surface area contributed by atoms with Crippen molar-refractivity contribution in [3.05, 3.63) is 24.2 Å². The number of rotatable bonds is 5. The number of likely N-dealkylation sites (N-methyl/N-ethyl adjacent to an activating group) is 1. The predicted molar refractivity (Wildman–Crippen MR) is 64.1 cm³/mol. The van der Waals surface area contributed by atoms with Crippen molar-refractivity contribution in [3.8, 4) is 0 Å². The van der Waals surface area contributed by atoms with Gasteiger partial charge >= 0.3 is 0 Å². The van der Waals surface area contributed by atoms with Crippen LogP contribution in [0.3, 0.4) is 0 Å². The molecule has 0 bridgehead atoms. The van der Waals surface area contributed by atoms with E-state index < -0.39 is 0 Å². The number of hydrogen-bond acceptors (Lipinski definition) is 4. The lowest BCUT2D eigenvalue weighted by Crippen LogP contribution is -2.36. The summed E-state index contributed by atoms with van der Waals surface area (Å²) in [5.74, 6) is 0.453. The summed E-state index contributed by atoms with van der Waals surface area (Å²) in [4.78, 5) is 13.8. The maximum absolute atomic E-state index is 11.8. The average molecular weight is 237 g/mol. The Hall–Kier alpha value is -1.13. The maximum atomic E-state index is 11.8. The zero-order valence-electron chi connectivity index (χ0n) is 10.2. The molecule has 94 valence electrons. The van der Waals surface area contributed by atoms with Gasteiger partial charge in [-0.15, -0.1) is 0 Å². The van der Waals surface area contributed by atoms with Crippen molar-refractivity contribution in [2.45, 2.75) is 25.4 Å². The van der Waals surface area contributed by atoms with Gasteiger partial charge in [-0.25, -0.2) is 0 Å². The largest absolute Gasteiger partial charge is 0.461 e. The number of carbonyl (C=O) groups is 1. The van der Waals surface area contributed by atoms with Crippen LogP contribution in [0, 0.1) is 0 Å². The highest BCUT2D eigenvalue weighted by molar-refractivity contribution is 5.94. The van der Waals surface area contributed by atoms with Gasteiger partial charge in [0.15, 0.2) is 5.76 Å².